The number of nitrogen functional groups attached to an aromatic ring is 2. The van der Waals surface area contributed by atoms with Crippen LogP contribution in [0, 0.1) is 0 Å². The lowest BCUT2D eigenvalue weighted by atomic mass is 10.1. The van der Waals surface area contributed by atoms with Crippen LogP contribution >= 0.6 is 0 Å². The van der Waals surface area contributed by atoms with Gasteiger partial charge in [-0.05, 0) is 19.8 Å². The van der Waals surface area contributed by atoms with E-state index in [1.807, 2.05) is 6.92 Å². The number of carbonyl (C=O) groups is 1. The summed E-state index contributed by atoms with van der Waals surface area (Å²) in [7, 11) is 0. The molecule has 0 bridgehead atoms. The molecule has 6 nitrogen and oxygen atoms in total. The predicted molar refractivity (Wildman–Crippen MR) is 58.8 cm³/mol. The smallest absolute Gasteiger partial charge is 0.217 e. The highest BCUT2D eigenvalue weighted by atomic mass is 16.1. The van der Waals surface area contributed by atoms with Gasteiger partial charge in [0.1, 0.15) is 5.82 Å². The first-order valence-electron chi connectivity index (χ1n) is 4.89. The number of rotatable bonds is 5. The number of nitrogens with two attached hydrogens (primary N) is 3. The first-order chi connectivity index (χ1) is 7.02. The Hall–Kier alpha value is -1.72. The molecule has 15 heavy (non-hydrogen) atoms. The van der Waals surface area contributed by atoms with Gasteiger partial charge in [0, 0.05) is 6.42 Å². The Bertz CT molecular complexity index is 346. The second-order valence-electron chi connectivity index (χ2n) is 3.64. The molecule has 1 amide bonds. The van der Waals surface area contributed by atoms with Crippen LogP contribution in [0.4, 0.5) is 11.5 Å². The van der Waals surface area contributed by atoms with E-state index >= 15 is 0 Å². The maximum Gasteiger partial charge on any atom is 0.217 e. The van der Waals surface area contributed by atoms with Crippen LogP contribution in [0.2, 0.25) is 0 Å². The fraction of sp³-hybridized carbons (Fsp3) is 0.556. The lowest BCUT2D eigenvalue weighted by Crippen LogP contribution is -2.13. The zero-order valence-electron chi connectivity index (χ0n) is 8.81. The molecule has 0 saturated heterocycles. The van der Waals surface area contributed by atoms with Crippen LogP contribution in [-0.2, 0) is 4.79 Å². The summed E-state index contributed by atoms with van der Waals surface area (Å²) < 4.78 is 1.66. The van der Waals surface area contributed by atoms with Crippen LogP contribution in [0.3, 0.4) is 0 Å². The minimum atomic E-state index is -0.282. The van der Waals surface area contributed by atoms with Crippen LogP contribution in [0.15, 0.2) is 6.20 Å². The summed E-state index contributed by atoms with van der Waals surface area (Å²) in [5.74, 6) is 0.191. The molecule has 0 saturated carbocycles. The fourth-order valence-electron chi connectivity index (χ4n) is 1.43. The third-order valence-corrected chi connectivity index (χ3v) is 2.33. The van der Waals surface area contributed by atoms with E-state index in [-0.39, 0.29) is 11.9 Å². The number of aromatic nitrogens is 2. The molecular formula is C9H17N5O. The first kappa shape index (κ1) is 11.4. The number of primary amides is 1. The summed E-state index contributed by atoms with van der Waals surface area (Å²) in [6, 6.07) is 0.127. The molecule has 1 heterocycles. The number of nitrogens with zero attached hydrogens (tertiary/aromatic N) is 2. The summed E-state index contributed by atoms with van der Waals surface area (Å²) in [4.78, 5) is 10.5. The quantitative estimate of drug-likeness (QED) is 0.648. The minimum absolute atomic E-state index is 0.127. The third kappa shape index (κ3) is 2.87. The van der Waals surface area contributed by atoms with Crippen molar-refractivity contribution in [3.63, 3.8) is 0 Å². The average molecular weight is 211 g/mol. The van der Waals surface area contributed by atoms with Crippen molar-refractivity contribution in [1.29, 1.82) is 0 Å². The summed E-state index contributed by atoms with van der Waals surface area (Å²) in [6.45, 7) is 1.98. The van der Waals surface area contributed by atoms with E-state index in [1.54, 1.807) is 4.68 Å². The molecule has 1 atom stereocenters. The van der Waals surface area contributed by atoms with E-state index in [0.717, 1.165) is 12.8 Å². The molecule has 0 aliphatic carbocycles. The van der Waals surface area contributed by atoms with Crippen molar-refractivity contribution in [1.82, 2.24) is 9.78 Å². The second-order valence-corrected chi connectivity index (χ2v) is 3.64. The molecule has 0 radical (unpaired) electrons. The van der Waals surface area contributed by atoms with Crippen molar-refractivity contribution in [2.24, 2.45) is 5.73 Å². The van der Waals surface area contributed by atoms with Gasteiger partial charge in [0.25, 0.3) is 0 Å². The maximum absolute atomic E-state index is 10.5. The van der Waals surface area contributed by atoms with Crippen LogP contribution < -0.4 is 17.2 Å². The summed E-state index contributed by atoms with van der Waals surface area (Å²) in [5.41, 5.74) is 16.8. The van der Waals surface area contributed by atoms with Gasteiger partial charge < -0.3 is 17.2 Å². The number of carbonyl (C=O) groups excluding carboxylic acids is 1. The van der Waals surface area contributed by atoms with E-state index in [0.29, 0.717) is 17.9 Å². The SMILES string of the molecule is CC(CCCC(N)=O)n1ncc(N)c1N. The Labute approximate surface area is 88.4 Å². The monoisotopic (exact) mass is 211 g/mol. The van der Waals surface area contributed by atoms with Gasteiger partial charge in [-0.25, -0.2) is 4.68 Å². The molecule has 1 unspecified atom stereocenters. The van der Waals surface area contributed by atoms with Gasteiger partial charge in [-0.15, -0.1) is 0 Å². The molecule has 1 aromatic heterocycles. The van der Waals surface area contributed by atoms with E-state index in [4.69, 9.17) is 17.2 Å². The third-order valence-electron chi connectivity index (χ3n) is 2.33. The highest BCUT2D eigenvalue weighted by molar-refractivity contribution is 5.73. The molecule has 1 aromatic rings. The van der Waals surface area contributed by atoms with Crippen molar-refractivity contribution in [2.75, 3.05) is 11.5 Å². The second kappa shape index (κ2) is 4.68. The predicted octanol–water partition coefficient (Wildman–Crippen LogP) is 0.264. The number of anilines is 2. The standard InChI is InChI=1S/C9H17N5O/c1-6(3-2-4-8(11)15)14-9(12)7(10)5-13-14/h5-6H,2-4,10,12H2,1H3,(H2,11,15). The molecule has 0 aliphatic heterocycles. The molecule has 6 N–H and O–H groups in total. The maximum atomic E-state index is 10.5. The highest BCUT2D eigenvalue weighted by Crippen LogP contribution is 2.21. The largest absolute Gasteiger partial charge is 0.394 e. The van der Waals surface area contributed by atoms with E-state index in [2.05, 4.69) is 5.10 Å². The zero-order valence-corrected chi connectivity index (χ0v) is 8.81. The normalized spacial score (nSPS) is 12.6. The minimum Gasteiger partial charge on any atom is -0.394 e. The van der Waals surface area contributed by atoms with Crippen molar-refractivity contribution >= 4 is 17.4 Å². The number of hydrogen-bond acceptors (Lipinski definition) is 4. The van der Waals surface area contributed by atoms with Crippen molar-refractivity contribution < 1.29 is 4.79 Å². The lowest BCUT2D eigenvalue weighted by molar-refractivity contribution is -0.118. The van der Waals surface area contributed by atoms with E-state index in [1.165, 1.54) is 6.20 Å². The Kier molecular flexibility index (Phi) is 3.54. The summed E-state index contributed by atoms with van der Waals surface area (Å²) in [5, 5.41) is 4.06. The highest BCUT2D eigenvalue weighted by Gasteiger charge is 2.11. The fourth-order valence-corrected chi connectivity index (χ4v) is 1.43. The Morgan fingerprint density at radius 3 is 2.73 bits per heavy atom. The van der Waals surface area contributed by atoms with Gasteiger partial charge in [-0.2, -0.15) is 5.10 Å². The van der Waals surface area contributed by atoms with Gasteiger partial charge >= 0.3 is 0 Å². The Balaban J connectivity index is 2.50. The number of amides is 1. The summed E-state index contributed by atoms with van der Waals surface area (Å²) in [6.07, 6.45) is 3.45. The molecular weight excluding hydrogens is 194 g/mol. The van der Waals surface area contributed by atoms with Crippen molar-refractivity contribution in [3.8, 4) is 0 Å². The van der Waals surface area contributed by atoms with Crippen molar-refractivity contribution in [2.45, 2.75) is 32.2 Å². The van der Waals surface area contributed by atoms with E-state index < -0.39 is 0 Å². The van der Waals surface area contributed by atoms with Gasteiger partial charge in [0.05, 0.1) is 17.9 Å². The Morgan fingerprint density at radius 1 is 1.60 bits per heavy atom. The van der Waals surface area contributed by atoms with E-state index in [9.17, 15) is 4.79 Å². The van der Waals surface area contributed by atoms with Crippen LogP contribution in [0.1, 0.15) is 32.2 Å². The summed E-state index contributed by atoms with van der Waals surface area (Å²) >= 11 is 0. The number of hydrogen-bond donors (Lipinski definition) is 3. The van der Waals surface area contributed by atoms with Gasteiger partial charge in [-0.3, -0.25) is 4.79 Å². The molecule has 84 valence electrons. The Morgan fingerprint density at radius 2 is 2.27 bits per heavy atom. The lowest BCUT2D eigenvalue weighted by Gasteiger charge is -2.13. The van der Waals surface area contributed by atoms with Crippen LogP contribution in [0.5, 0.6) is 0 Å². The molecule has 0 fully saturated rings. The van der Waals surface area contributed by atoms with Crippen LogP contribution in [-0.4, -0.2) is 15.7 Å². The molecule has 1 rings (SSSR count). The van der Waals surface area contributed by atoms with Crippen LogP contribution in [0.25, 0.3) is 0 Å². The topological polar surface area (TPSA) is 113 Å². The molecule has 0 aromatic carbocycles. The van der Waals surface area contributed by atoms with Gasteiger partial charge in [0.2, 0.25) is 5.91 Å². The first-order valence-corrected chi connectivity index (χ1v) is 4.89. The zero-order chi connectivity index (χ0) is 11.4. The average Bonchev–Trinajstić information content (AvgIpc) is 2.47. The molecule has 0 aliphatic rings. The molecule has 6 heteroatoms. The molecule has 0 spiro atoms. The van der Waals surface area contributed by atoms with Crippen molar-refractivity contribution in [3.05, 3.63) is 6.20 Å². The van der Waals surface area contributed by atoms with Gasteiger partial charge in [0.15, 0.2) is 0 Å². The van der Waals surface area contributed by atoms with Gasteiger partial charge in [-0.1, -0.05) is 0 Å².